The minimum Gasteiger partial charge on any atom is -0.477 e. The first kappa shape index (κ1) is 12.7. The van der Waals surface area contributed by atoms with Crippen molar-refractivity contribution in [3.8, 4) is 6.07 Å². The molecule has 1 aromatic heterocycles. The van der Waals surface area contributed by atoms with Crippen molar-refractivity contribution in [3.05, 3.63) is 10.0 Å². The molecule has 86 valence electrons. The van der Waals surface area contributed by atoms with Crippen molar-refractivity contribution in [2.24, 2.45) is 5.92 Å². The fraction of sp³-hybridized carbons (Fsp3) is 0.444. The number of carboxylic acid groups (broad SMARTS) is 1. The first-order chi connectivity index (χ1) is 7.45. The van der Waals surface area contributed by atoms with Crippen LogP contribution in [-0.2, 0) is 0 Å². The van der Waals surface area contributed by atoms with Crippen LogP contribution < -0.4 is 4.90 Å². The third-order valence-electron chi connectivity index (χ3n) is 1.86. The molecule has 0 saturated carbocycles. The number of hydrogen-bond donors (Lipinski definition) is 1. The minimum absolute atomic E-state index is 0.0102. The number of anilines is 1. The molecule has 0 aliphatic carbocycles. The van der Waals surface area contributed by atoms with Crippen LogP contribution in [-0.4, -0.2) is 29.7 Å². The van der Waals surface area contributed by atoms with Crippen LogP contribution in [0, 0.1) is 17.2 Å². The van der Waals surface area contributed by atoms with Gasteiger partial charge in [0.2, 0.25) is 0 Å². The lowest BCUT2D eigenvalue weighted by Crippen LogP contribution is -2.22. The minimum atomic E-state index is -1.09. The molecule has 1 unspecified atom stereocenters. The number of nitrogens with zero attached hydrogens (tertiary/aromatic N) is 3. The smallest absolute Gasteiger partial charge is 0.349 e. The topological polar surface area (TPSA) is 77.2 Å². The van der Waals surface area contributed by atoms with Gasteiger partial charge in [-0.25, -0.2) is 9.78 Å². The van der Waals surface area contributed by atoms with Crippen molar-refractivity contribution in [1.82, 2.24) is 4.98 Å². The highest BCUT2D eigenvalue weighted by Gasteiger charge is 2.18. The van der Waals surface area contributed by atoms with Gasteiger partial charge in [-0.1, -0.05) is 22.9 Å². The zero-order valence-corrected chi connectivity index (χ0v) is 10.3. The number of halogens is 1. The Labute approximate surface area is 102 Å². The molecule has 0 aliphatic heterocycles. The van der Waals surface area contributed by atoms with Gasteiger partial charge in [-0.2, -0.15) is 5.26 Å². The highest BCUT2D eigenvalue weighted by atomic mass is 35.5. The molecule has 1 N–H and O–H groups in total. The highest BCUT2D eigenvalue weighted by molar-refractivity contribution is 7.18. The molecule has 1 aromatic rings. The maximum atomic E-state index is 10.8. The van der Waals surface area contributed by atoms with Gasteiger partial charge >= 0.3 is 5.97 Å². The van der Waals surface area contributed by atoms with E-state index in [0.717, 1.165) is 11.3 Å². The Balaban J connectivity index is 2.85. The molecular weight excluding hydrogens is 250 g/mol. The van der Waals surface area contributed by atoms with Crippen LogP contribution in [0.4, 0.5) is 5.13 Å². The molecule has 0 aliphatic rings. The van der Waals surface area contributed by atoms with Crippen LogP contribution >= 0.6 is 22.9 Å². The fourth-order valence-corrected chi connectivity index (χ4v) is 2.21. The fourth-order valence-electron chi connectivity index (χ4n) is 1.12. The van der Waals surface area contributed by atoms with Crippen LogP contribution in [0.2, 0.25) is 5.15 Å². The van der Waals surface area contributed by atoms with Gasteiger partial charge in [0.05, 0.1) is 12.0 Å². The summed E-state index contributed by atoms with van der Waals surface area (Å²) in [6.45, 7) is 2.27. The van der Waals surface area contributed by atoms with Gasteiger partial charge in [-0.05, 0) is 6.92 Å². The van der Waals surface area contributed by atoms with Crippen molar-refractivity contribution in [1.29, 1.82) is 5.26 Å². The molecule has 0 aromatic carbocycles. The summed E-state index contributed by atoms with van der Waals surface area (Å²) < 4.78 is 0. The summed E-state index contributed by atoms with van der Waals surface area (Å²) in [6, 6.07) is 2.10. The number of nitriles is 1. The highest BCUT2D eigenvalue weighted by Crippen LogP contribution is 2.29. The number of aromatic nitrogens is 1. The molecule has 0 saturated heterocycles. The van der Waals surface area contributed by atoms with Gasteiger partial charge in [0.15, 0.2) is 15.2 Å². The van der Waals surface area contributed by atoms with E-state index in [-0.39, 0.29) is 15.9 Å². The molecule has 1 heterocycles. The monoisotopic (exact) mass is 259 g/mol. The van der Waals surface area contributed by atoms with E-state index in [0.29, 0.717) is 11.7 Å². The molecule has 5 nitrogen and oxygen atoms in total. The van der Waals surface area contributed by atoms with Crippen LogP contribution in [0.1, 0.15) is 16.6 Å². The lowest BCUT2D eigenvalue weighted by atomic mass is 10.2. The summed E-state index contributed by atoms with van der Waals surface area (Å²) in [7, 11) is 1.74. The number of carbonyl (C=O) groups is 1. The summed E-state index contributed by atoms with van der Waals surface area (Å²) in [6.07, 6.45) is 0. The van der Waals surface area contributed by atoms with E-state index in [1.807, 2.05) is 0 Å². The summed E-state index contributed by atoms with van der Waals surface area (Å²) in [5, 5.41) is 18.0. The van der Waals surface area contributed by atoms with Gasteiger partial charge in [-0.15, -0.1) is 0 Å². The first-order valence-corrected chi connectivity index (χ1v) is 5.65. The van der Waals surface area contributed by atoms with Crippen molar-refractivity contribution >= 4 is 34.0 Å². The average Bonchev–Trinajstić information content (AvgIpc) is 2.60. The van der Waals surface area contributed by atoms with E-state index in [9.17, 15) is 4.79 Å². The Hall–Kier alpha value is -1.32. The quantitative estimate of drug-likeness (QED) is 0.896. The van der Waals surface area contributed by atoms with Gasteiger partial charge in [0.25, 0.3) is 0 Å². The molecule has 0 radical (unpaired) electrons. The third-order valence-corrected chi connectivity index (χ3v) is 3.41. The zero-order valence-electron chi connectivity index (χ0n) is 8.77. The Bertz CT molecular complexity index is 440. The molecule has 0 fully saturated rings. The predicted molar refractivity (Wildman–Crippen MR) is 62.1 cm³/mol. The largest absolute Gasteiger partial charge is 0.477 e. The van der Waals surface area contributed by atoms with Gasteiger partial charge < -0.3 is 10.0 Å². The van der Waals surface area contributed by atoms with E-state index >= 15 is 0 Å². The standard InChI is InChI=1S/C9H10ClN3O2S/c1-5(3-11)4-13(2)9-12-7(10)6(16-9)8(14)15/h5H,4H2,1-2H3,(H,14,15). The lowest BCUT2D eigenvalue weighted by Gasteiger charge is -2.16. The maximum absolute atomic E-state index is 10.8. The summed E-state index contributed by atoms with van der Waals surface area (Å²) in [5.41, 5.74) is 0. The first-order valence-electron chi connectivity index (χ1n) is 4.46. The Morgan fingerprint density at radius 1 is 1.81 bits per heavy atom. The average molecular weight is 260 g/mol. The summed E-state index contributed by atoms with van der Waals surface area (Å²) in [5.74, 6) is -1.24. The van der Waals surface area contributed by atoms with E-state index < -0.39 is 5.97 Å². The predicted octanol–water partition coefficient (Wildman–Crippen LogP) is 2.09. The zero-order chi connectivity index (χ0) is 12.3. The maximum Gasteiger partial charge on any atom is 0.349 e. The normalized spacial score (nSPS) is 11.9. The van der Waals surface area contributed by atoms with E-state index in [1.165, 1.54) is 0 Å². The van der Waals surface area contributed by atoms with Crippen molar-refractivity contribution < 1.29 is 9.90 Å². The molecule has 1 rings (SSSR count). The Kier molecular flexibility index (Phi) is 4.10. The number of rotatable bonds is 4. The van der Waals surface area contributed by atoms with Gasteiger partial charge in [0.1, 0.15) is 0 Å². The lowest BCUT2D eigenvalue weighted by molar-refractivity contribution is 0.0702. The third kappa shape index (κ3) is 2.84. The van der Waals surface area contributed by atoms with Crippen molar-refractivity contribution in [2.45, 2.75) is 6.92 Å². The Morgan fingerprint density at radius 3 is 2.88 bits per heavy atom. The summed E-state index contributed by atoms with van der Waals surface area (Å²) >= 11 is 6.68. The van der Waals surface area contributed by atoms with E-state index in [4.69, 9.17) is 22.0 Å². The molecule has 7 heteroatoms. The molecule has 0 amide bonds. The number of carboxylic acids is 1. The van der Waals surface area contributed by atoms with Crippen LogP contribution in [0.15, 0.2) is 0 Å². The van der Waals surface area contributed by atoms with E-state index in [1.54, 1.807) is 18.9 Å². The molecule has 16 heavy (non-hydrogen) atoms. The molecule has 0 spiro atoms. The van der Waals surface area contributed by atoms with E-state index in [2.05, 4.69) is 11.1 Å². The SMILES string of the molecule is CC(C#N)CN(C)c1nc(Cl)c(C(=O)O)s1. The molecule has 1 atom stereocenters. The molecule has 0 bridgehead atoms. The van der Waals surface area contributed by atoms with Crippen LogP contribution in [0.3, 0.4) is 0 Å². The van der Waals surface area contributed by atoms with Crippen molar-refractivity contribution in [2.75, 3.05) is 18.5 Å². The second-order valence-corrected chi connectivity index (χ2v) is 4.67. The van der Waals surface area contributed by atoms with Crippen molar-refractivity contribution in [3.63, 3.8) is 0 Å². The van der Waals surface area contributed by atoms with Gasteiger partial charge in [0, 0.05) is 13.6 Å². The van der Waals surface area contributed by atoms with Crippen LogP contribution in [0.5, 0.6) is 0 Å². The molecular formula is C9H10ClN3O2S. The van der Waals surface area contributed by atoms with Crippen LogP contribution in [0.25, 0.3) is 0 Å². The van der Waals surface area contributed by atoms with Gasteiger partial charge in [-0.3, -0.25) is 0 Å². The number of hydrogen-bond acceptors (Lipinski definition) is 5. The second-order valence-electron chi connectivity index (χ2n) is 3.33. The number of thiazole rings is 1. The second kappa shape index (κ2) is 5.14. The Morgan fingerprint density at radius 2 is 2.44 bits per heavy atom. The number of aromatic carboxylic acids is 1. The summed E-state index contributed by atoms with van der Waals surface area (Å²) in [4.78, 5) is 16.4.